The van der Waals surface area contributed by atoms with Crippen molar-refractivity contribution >= 4 is 32.9 Å². The molecular formula is C11H8BrN. The predicted molar refractivity (Wildman–Crippen MR) is 59.5 cm³/mol. The zero-order chi connectivity index (χ0) is 9.26. The van der Waals surface area contributed by atoms with Gasteiger partial charge in [0.15, 0.2) is 0 Å². The first-order valence-corrected chi connectivity index (χ1v) is 4.78. The van der Waals surface area contributed by atoms with E-state index >= 15 is 0 Å². The van der Waals surface area contributed by atoms with Crippen molar-refractivity contribution in [3.05, 3.63) is 47.1 Å². The minimum absolute atomic E-state index is 0.902. The maximum absolute atomic E-state index is 4.43. The molecule has 13 heavy (non-hydrogen) atoms. The van der Waals surface area contributed by atoms with Gasteiger partial charge in [-0.2, -0.15) is 0 Å². The highest BCUT2D eigenvalue weighted by Gasteiger charge is 1.98. The van der Waals surface area contributed by atoms with E-state index in [1.54, 1.807) is 6.08 Å². The van der Waals surface area contributed by atoms with Gasteiger partial charge in [-0.3, -0.25) is 0 Å². The lowest BCUT2D eigenvalue weighted by Gasteiger charge is -2.00. The first kappa shape index (κ1) is 8.45. The fourth-order valence-electron chi connectivity index (χ4n) is 1.24. The Bertz CT molecular complexity index is 463. The smallest absolute Gasteiger partial charge is 0.0851 e. The number of rotatable bonds is 1. The van der Waals surface area contributed by atoms with Crippen molar-refractivity contribution in [2.45, 2.75) is 0 Å². The molecule has 1 aromatic heterocycles. The van der Waals surface area contributed by atoms with E-state index in [-0.39, 0.29) is 0 Å². The molecule has 0 bridgehead atoms. The number of pyridine rings is 1. The van der Waals surface area contributed by atoms with Crippen molar-refractivity contribution in [1.29, 1.82) is 0 Å². The van der Waals surface area contributed by atoms with E-state index in [1.807, 2.05) is 30.3 Å². The van der Waals surface area contributed by atoms with Gasteiger partial charge in [0.2, 0.25) is 0 Å². The number of para-hydroxylation sites is 1. The molecule has 0 aliphatic rings. The van der Waals surface area contributed by atoms with Crippen LogP contribution in [0.25, 0.3) is 17.0 Å². The zero-order valence-electron chi connectivity index (χ0n) is 7.00. The molecule has 2 aromatic rings. The third-order valence-corrected chi connectivity index (χ3v) is 2.54. The van der Waals surface area contributed by atoms with Crippen molar-refractivity contribution in [2.75, 3.05) is 0 Å². The quantitative estimate of drug-likeness (QED) is 0.733. The van der Waals surface area contributed by atoms with Crippen LogP contribution in [0.15, 0.2) is 41.4 Å². The van der Waals surface area contributed by atoms with Crippen LogP contribution in [-0.2, 0) is 0 Å². The number of benzene rings is 1. The van der Waals surface area contributed by atoms with Crippen LogP contribution in [0, 0.1) is 0 Å². The fraction of sp³-hybridized carbons (Fsp3) is 0. The molecule has 0 unspecified atom stereocenters. The molecule has 0 aliphatic carbocycles. The summed E-state index contributed by atoms with van der Waals surface area (Å²) in [5.74, 6) is 0. The molecule has 0 radical (unpaired) electrons. The van der Waals surface area contributed by atoms with Gasteiger partial charge in [-0.15, -0.1) is 0 Å². The summed E-state index contributed by atoms with van der Waals surface area (Å²) in [6.45, 7) is 3.69. The Hall–Kier alpha value is -1.15. The lowest BCUT2D eigenvalue weighted by atomic mass is 10.2. The molecule has 0 spiro atoms. The molecule has 1 nitrogen and oxygen atoms in total. The van der Waals surface area contributed by atoms with E-state index in [1.165, 1.54) is 0 Å². The van der Waals surface area contributed by atoms with E-state index in [9.17, 15) is 0 Å². The van der Waals surface area contributed by atoms with Gasteiger partial charge in [0.1, 0.15) is 0 Å². The van der Waals surface area contributed by atoms with Crippen LogP contribution in [0.2, 0.25) is 0 Å². The van der Waals surface area contributed by atoms with Crippen LogP contribution in [-0.4, -0.2) is 4.98 Å². The van der Waals surface area contributed by atoms with Crippen LogP contribution in [0.3, 0.4) is 0 Å². The summed E-state index contributed by atoms with van der Waals surface area (Å²) in [7, 11) is 0. The van der Waals surface area contributed by atoms with Crippen molar-refractivity contribution in [3.63, 3.8) is 0 Å². The third kappa shape index (κ3) is 1.49. The Morgan fingerprint density at radius 3 is 2.85 bits per heavy atom. The maximum Gasteiger partial charge on any atom is 0.0851 e. The summed E-state index contributed by atoms with van der Waals surface area (Å²) in [6.07, 6.45) is 1.75. The van der Waals surface area contributed by atoms with Gasteiger partial charge in [-0.05, 0) is 34.1 Å². The van der Waals surface area contributed by atoms with Gasteiger partial charge in [0, 0.05) is 9.86 Å². The number of nitrogens with zero attached hydrogens (tertiary/aromatic N) is 1. The highest BCUT2D eigenvalue weighted by Crippen LogP contribution is 2.22. The predicted octanol–water partition coefficient (Wildman–Crippen LogP) is 3.64. The van der Waals surface area contributed by atoms with E-state index in [4.69, 9.17) is 0 Å². The average molecular weight is 234 g/mol. The number of aromatic nitrogens is 1. The number of hydrogen-bond donors (Lipinski definition) is 0. The Labute approximate surface area is 85.2 Å². The molecular weight excluding hydrogens is 226 g/mol. The lowest BCUT2D eigenvalue weighted by molar-refractivity contribution is 1.36. The number of hydrogen-bond acceptors (Lipinski definition) is 1. The molecule has 0 N–H and O–H groups in total. The van der Waals surface area contributed by atoms with Gasteiger partial charge in [0.05, 0.1) is 11.2 Å². The van der Waals surface area contributed by atoms with Crippen LogP contribution in [0.1, 0.15) is 5.69 Å². The molecule has 64 valence electrons. The van der Waals surface area contributed by atoms with Gasteiger partial charge >= 0.3 is 0 Å². The summed E-state index contributed by atoms with van der Waals surface area (Å²) in [5.41, 5.74) is 1.89. The van der Waals surface area contributed by atoms with Crippen LogP contribution < -0.4 is 0 Å². The standard InChI is InChI=1S/C11H8BrN/c1-2-9-7-6-8-4-3-5-10(12)11(8)13-9/h2-7H,1H2. The summed E-state index contributed by atoms with van der Waals surface area (Å²) in [6, 6.07) is 10.0. The van der Waals surface area contributed by atoms with Crippen molar-refractivity contribution < 1.29 is 0 Å². The Morgan fingerprint density at radius 2 is 2.08 bits per heavy atom. The van der Waals surface area contributed by atoms with Gasteiger partial charge in [-0.1, -0.05) is 24.8 Å². The molecule has 0 saturated heterocycles. The second-order valence-electron chi connectivity index (χ2n) is 2.75. The minimum Gasteiger partial charge on any atom is -0.247 e. The fourth-order valence-corrected chi connectivity index (χ4v) is 1.71. The molecule has 2 heteroatoms. The zero-order valence-corrected chi connectivity index (χ0v) is 8.58. The van der Waals surface area contributed by atoms with E-state index < -0.39 is 0 Å². The molecule has 0 saturated carbocycles. The van der Waals surface area contributed by atoms with Crippen molar-refractivity contribution in [1.82, 2.24) is 4.98 Å². The SMILES string of the molecule is C=Cc1ccc2cccc(Br)c2n1. The molecule has 0 aliphatic heterocycles. The highest BCUT2D eigenvalue weighted by molar-refractivity contribution is 9.10. The van der Waals surface area contributed by atoms with E-state index in [0.29, 0.717) is 0 Å². The average Bonchev–Trinajstić information content (AvgIpc) is 2.18. The Morgan fingerprint density at radius 1 is 1.23 bits per heavy atom. The summed E-state index contributed by atoms with van der Waals surface area (Å²) >= 11 is 3.46. The Balaban J connectivity index is 2.81. The minimum atomic E-state index is 0.902. The highest BCUT2D eigenvalue weighted by atomic mass is 79.9. The van der Waals surface area contributed by atoms with Gasteiger partial charge < -0.3 is 0 Å². The van der Waals surface area contributed by atoms with Gasteiger partial charge in [0.25, 0.3) is 0 Å². The number of halogens is 1. The molecule has 1 heterocycles. The van der Waals surface area contributed by atoms with Crippen LogP contribution >= 0.6 is 15.9 Å². The van der Waals surface area contributed by atoms with E-state index in [2.05, 4.69) is 27.5 Å². The van der Waals surface area contributed by atoms with Crippen LogP contribution in [0.4, 0.5) is 0 Å². The second kappa shape index (κ2) is 3.30. The molecule has 0 amide bonds. The molecule has 1 aromatic carbocycles. The summed E-state index contributed by atoms with van der Waals surface area (Å²) in [5, 5.41) is 1.14. The van der Waals surface area contributed by atoms with E-state index in [0.717, 1.165) is 21.1 Å². The topological polar surface area (TPSA) is 12.9 Å². The van der Waals surface area contributed by atoms with Crippen LogP contribution in [0.5, 0.6) is 0 Å². The third-order valence-electron chi connectivity index (χ3n) is 1.90. The largest absolute Gasteiger partial charge is 0.247 e. The summed E-state index contributed by atoms with van der Waals surface area (Å²) < 4.78 is 1.02. The Kier molecular flexibility index (Phi) is 2.15. The summed E-state index contributed by atoms with van der Waals surface area (Å²) in [4.78, 5) is 4.43. The normalized spacial score (nSPS) is 10.2. The first-order chi connectivity index (χ1) is 6.31. The monoisotopic (exact) mass is 233 g/mol. The second-order valence-corrected chi connectivity index (χ2v) is 3.61. The maximum atomic E-state index is 4.43. The van der Waals surface area contributed by atoms with Gasteiger partial charge in [-0.25, -0.2) is 4.98 Å². The number of fused-ring (bicyclic) bond motifs is 1. The van der Waals surface area contributed by atoms with Crippen molar-refractivity contribution in [3.8, 4) is 0 Å². The molecule has 0 atom stereocenters. The molecule has 0 fully saturated rings. The molecule has 2 rings (SSSR count). The lowest BCUT2D eigenvalue weighted by Crippen LogP contribution is -1.83. The van der Waals surface area contributed by atoms with Crippen molar-refractivity contribution in [2.24, 2.45) is 0 Å². The first-order valence-electron chi connectivity index (χ1n) is 3.99.